The lowest BCUT2D eigenvalue weighted by Gasteiger charge is -2.44. The van der Waals surface area contributed by atoms with Crippen molar-refractivity contribution in [2.24, 2.45) is 5.92 Å². The highest BCUT2D eigenvalue weighted by atomic mass is 16.5. The normalized spacial score (nSPS) is 39.0. The molecule has 1 saturated carbocycles. The molecule has 0 aromatic carbocycles. The van der Waals surface area contributed by atoms with Gasteiger partial charge in [-0.15, -0.1) is 0 Å². The number of rotatable bonds is 2. The van der Waals surface area contributed by atoms with Crippen LogP contribution in [-0.2, 0) is 4.74 Å². The minimum atomic E-state index is 0.0158. The van der Waals surface area contributed by atoms with Crippen LogP contribution >= 0.6 is 0 Å². The second-order valence-corrected chi connectivity index (χ2v) is 5.56. The zero-order valence-electron chi connectivity index (χ0n) is 9.02. The Balaban J connectivity index is 1.95. The Morgan fingerprint density at radius 1 is 1.23 bits per heavy atom. The summed E-state index contributed by atoms with van der Waals surface area (Å²) in [6, 6.07) is 0. The SMILES string of the molecule is CC1(C)CNCC(C)(CC2CC2)O1. The number of morpholine rings is 1. The van der Waals surface area contributed by atoms with Gasteiger partial charge in [0.15, 0.2) is 0 Å². The molecule has 2 heteroatoms. The molecule has 1 unspecified atom stereocenters. The summed E-state index contributed by atoms with van der Waals surface area (Å²) in [6.07, 6.45) is 4.07. The number of hydrogen-bond acceptors (Lipinski definition) is 2. The van der Waals surface area contributed by atoms with Crippen molar-refractivity contribution in [3.8, 4) is 0 Å². The van der Waals surface area contributed by atoms with Crippen LogP contribution in [0.15, 0.2) is 0 Å². The van der Waals surface area contributed by atoms with Crippen LogP contribution in [-0.4, -0.2) is 24.3 Å². The predicted octanol–water partition coefficient (Wildman–Crippen LogP) is 1.94. The number of hydrogen-bond donors (Lipinski definition) is 1. The molecule has 0 aromatic heterocycles. The third-order valence-corrected chi connectivity index (χ3v) is 2.99. The van der Waals surface area contributed by atoms with Gasteiger partial charge in [0.25, 0.3) is 0 Å². The third kappa shape index (κ3) is 2.44. The molecule has 0 spiro atoms. The lowest BCUT2D eigenvalue weighted by Crippen LogP contribution is -2.56. The summed E-state index contributed by atoms with van der Waals surface area (Å²) < 4.78 is 6.15. The van der Waals surface area contributed by atoms with Gasteiger partial charge in [-0.05, 0) is 33.1 Å². The fourth-order valence-corrected chi connectivity index (χ4v) is 2.41. The number of ether oxygens (including phenoxy) is 1. The maximum absolute atomic E-state index is 6.15. The average Bonchev–Trinajstić information content (AvgIpc) is 2.67. The van der Waals surface area contributed by atoms with E-state index < -0.39 is 0 Å². The maximum atomic E-state index is 6.15. The van der Waals surface area contributed by atoms with Crippen LogP contribution in [0.4, 0.5) is 0 Å². The van der Waals surface area contributed by atoms with E-state index in [0.717, 1.165) is 19.0 Å². The first-order chi connectivity index (χ1) is 5.99. The quantitative estimate of drug-likeness (QED) is 0.706. The molecule has 2 aliphatic rings. The standard InChI is InChI=1S/C11H21NO/c1-10(2)7-12-8-11(3,13-10)6-9-4-5-9/h9,12H,4-8H2,1-3H3. The minimum Gasteiger partial charge on any atom is -0.367 e. The average molecular weight is 183 g/mol. The molecular formula is C11H21NO. The molecule has 1 saturated heterocycles. The van der Waals surface area contributed by atoms with Crippen molar-refractivity contribution in [2.75, 3.05) is 13.1 Å². The monoisotopic (exact) mass is 183 g/mol. The van der Waals surface area contributed by atoms with E-state index in [1.807, 2.05) is 0 Å². The second-order valence-electron chi connectivity index (χ2n) is 5.56. The molecule has 76 valence electrons. The van der Waals surface area contributed by atoms with E-state index >= 15 is 0 Å². The molecule has 0 radical (unpaired) electrons. The molecular weight excluding hydrogens is 162 g/mol. The summed E-state index contributed by atoms with van der Waals surface area (Å²) >= 11 is 0. The Labute approximate surface area is 81.0 Å². The van der Waals surface area contributed by atoms with Gasteiger partial charge >= 0.3 is 0 Å². The first-order valence-electron chi connectivity index (χ1n) is 5.40. The lowest BCUT2D eigenvalue weighted by atomic mass is 9.94. The van der Waals surface area contributed by atoms with Gasteiger partial charge in [0.1, 0.15) is 0 Å². The molecule has 13 heavy (non-hydrogen) atoms. The summed E-state index contributed by atoms with van der Waals surface area (Å²) in [5.74, 6) is 0.945. The molecule has 2 nitrogen and oxygen atoms in total. The van der Waals surface area contributed by atoms with Crippen LogP contribution in [0.25, 0.3) is 0 Å². The fourth-order valence-electron chi connectivity index (χ4n) is 2.41. The van der Waals surface area contributed by atoms with Gasteiger partial charge in [0, 0.05) is 13.1 Å². The van der Waals surface area contributed by atoms with Crippen molar-refractivity contribution in [1.29, 1.82) is 0 Å². The first-order valence-corrected chi connectivity index (χ1v) is 5.40. The summed E-state index contributed by atoms with van der Waals surface area (Å²) in [5.41, 5.74) is 0.102. The van der Waals surface area contributed by atoms with Crippen molar-refractivity contribution in [3.63, 3.8) is 0 Å². The number of nitrogens with one attached hydrogen (secondary N) is 1. The third-order valence-electron chi connectivity index (χ3n) is 2.99. The van der Waals surface area contributed by atoms with Gasteiger partial charge in [0.05, 0.1) is 11.2 Å². The minimum absolute atomic E-state index is 0.0158. The fraction of sp³-hybridized carbons (Fsp3) is 1.00. The van der Waals surface area contributed by atoms with Gasteiger partial charge in [-0.3, -0.25) is 0 Å². The van der Waals surface area contributed by atoms with Crippen molar-refractivity contribution in [3.05, 3.63) is 0 Å². The molecule has 1 aliphatic carbocycles. The topological polar surface area (TPSA) is 21.3 Å². The summed E-state index contributed by atoms with van der Waals surface area (Å²) in [5, 5.41) is 3.47. The Kier molecular flexibility index (Phi) is 2.16. The Morgan fingerprint density at radius 2 is 1.92 bits per heavy atom. The van der Waals surface area contributed by atoms with Crippen LogP contribution in [0, 0.1) is 5.92 Å². The van der Waals surface area contributed by atoms with E-state index in [9.17, 15) is 0 Å². The lowest BCUT2D eigenvalue weighted by molar-refractivity contribution is -0.157. The largest absolute Gasteiger partial charge is 0.367 e. The molecule has 0 bridgehead atoms. The highest BCUT2D eigenvalue weighted by Gasteiger charge is 2.40. The van der Waals surface area contributed by atoms with Crippen molar-refractivity contribution < 1.29 is 4.74 Å². The van der Waals surface area contributed by atoms with Gasteiger partial charge in [-0.25, -0.2) is 0 Å². The summed E-state index contributed by atoms with van der Waals surface area (Å²) in [6.45, 7) is 8.59. The molecule has 1 heterocycles. The van der Waals surface area contributed by atoms with Crippen LogP contribution < -0.4 is 5.32 Å². The Morgan fingerprint density at radius 3 is 2.46 bits per heavy atom. The van der Waals surface area contributed by atoms with E-state index in [1.165, 1.54) is 19.3 Å². The molecule has 2 rings (SSSR count). The van der Waals surface area contributed by atoms with E-state index in [-0.39, 0.29) is 11.2 Å². The maximum Gasteiger partial charge on any atom is 0.0788 e. The van der Waals surface area contributed by atoms with E-state index in [1.54, 1.807) is 0 Å². The van der Waals surface area contributed by atoms with Crippen LogP contribution in [0.1, 0.15) is 40.0 Å². The van der Waals surface area contributed by atoms with Crippen molar-refractivity contribution in [2.45, 2.75) is 51.2 Å². The van der Waals surface area contributed by atoms with Gasteiger partial charge in [0.2, 0.25) is 0 Å². The van der Waals surface area contributed by atoms with Crippen LogP contribution in [0.2, 0.25) is 0 Å². The summed E-state index contributed by atoms with van der Waals surface area (Å²) in [4.78, 5) is 0. The van der Waals surface area contributed by atoms with Crippen LogP contribution in [0.3, 0.4) is 0 Å². The van der Waals surface area contributed by atoms with Crippen molar-refractivity contribution in [1.82, 2.24) is 5.32 Å². The van der Waals surface area contributed by atoms with Gasteiger partial charge in [-0.2, -0.15) is 0 Å². The first kappa shape index (κ1) is 9.47. The molecule has 1 atom stereocenters. The highest BCUT2D eigenvalue weighted by Crippen LogP contribution is 2.40. The smallest absolute Gasteiger partial charge is 0.0788 e. The van der Waals surface area contributed by atoms with E-state index in [0.29, 0.717) is 0 Å². The van der Waals surface area contributed by atoms with E-state index in [2.05, 4.69) is 26.1 Å². The molecule has 1 N–H and O–H groups in total. The highest BCUT2D eigenvalue weighted by molar-refractivity contribution is 4.93. The zero-order chi connectivity index (χ0) is 9.53. The van der Waals surface area contributed by atoms with Crippen molar-refractivity contribution >= 4 is 0 Å². The molecule has 0 amide bonds. The van der Waals surface area contributed by atoms with Gasteiger partial charge in [-0.1, -0.05) is 12.8 Å². The Hall–Kier alpha value is -0.0800. The zero-order valence-corrected chi connectivity index (χ0v) is 9.02. The molecule has 0 aromatic rings. The summed E-state index contributed by atoms with van der Waals surface area (Å²) in [7, 11) is 0. The van der Waals surface area contributed by atoms with Gasteiger partial charge < -0.3 is 10.1 Å². The van der Waals surface area contributed by atoms with E-state index in [4.69, 9.17) is 4.74 Å². The Bertz CT molecular complexity index is 198. The molecule has 1 aliphatic heterocycles. The molecule has 2 fully saturated rings. The predicted molar refractivity (Wildman–Crippen MR) is 53.8 cm³/mol. The second kappa shape index (κ2) is 2.96. The van der Waals surface area contributed by atoms with Crippen LogP contribution in [0.5, 0.6) is 0 Å².